The van der Waals surface area contributed by atoms with Gasteiger partial charge >= 0.3 is 0 Å². The van der Waals surface area contributed by atoms with Gasteiger partial charge in [-0.1, -0.05) is 104 Å². The summed E-state index contributed by atoms with van der Waals surface area (Å²) < 4.78 is 0. The molecule has 0 aliphatic rings. The first-order valence-corrected chi connectivity index (χ1v) is 12.2. The van der Waals surface area contributed by atoms with E-state index < -0.39 is 8.11 Å². The van der Waals surface area contributed by atoms with E-state index in [1.54, 1.807) is 0 Å². The molecular formula is C18H38ClSi. The number of hydrogen-bond acceptors (Lipinski definition) is 0. The van der Waals surface area contributed by atoms with Gasteiger partial charge in [-0.15, -0.1) is 0 Å². The molecule has 121 valence electrons. The second-order valence-electron chi connectivity index (χ2n) is 6.26. The van der Waals surface area contributed by atoms with Crippen molar-refractivity contribution in [2.45, 2.75) is 116 Å². The van der Waals surface area contributed by atoms with E-state index in [0.29, 0.717) is 0 Å². The highest BCUT2D eigenvalue weighted by Crippen LogP contribution is 2.17. The molecule has 1 radical (unpaired) electrons. The summed E-state index contributed by atoms with van der Waals surface area (Å²) >= 11 is 6.50. The summed E-state index contributed by atoms with van der Waals surface area (Å²) in [5.41, 5.74) is 0. The first-order valence-electron chi connectivity index (χ1n) is 9.31. The predicted octanol–water partition coefficient (Wildman–Crippen LogP) is 7.72. The van der Waals surface area contributed by atoms with Gasteiger partial charge in [-0.2, -0.15) is 11.1 Å². The summed E-state index contributed by atoms with van der Waals surface area (Å²) in [5.74, 6) is 0. The third-order valence-electron chi connectivity index (χ3n) is 4.10. The van der Waals surface area contributed by atoms with E-state index in [9.17, 15) is 0 Å². The van der Waals surface area contributed by atoms with Crippen molar-refractivity contribution < 1.29 is 0 Å². The number of unbranched alkanes of at least 4 members (excludes halogenated alkanes) is 12. The third-order valence-corrected chi connectivity index (χ3v) is 7.03. The molecule has 0 aromatic rings. The van der Waals surface area contributed by atoms with Gasteiger partial charge in [0.15, 0.2) is 8.11 Å². The molecule has 0 unspecified atom stereocenters. The lowest BCUT2D eigenvalue weighted by Gasteiger charge is -2.07. The number of rotatable bonds is 16. The Morgan fingerprint density at radius 1 is 0.500 bits per heavy atom. The molecule has 0 aliphatic carbocycles. The Hall–Kier alpha value is 0.507. The summed E-state index contributed by atoms with van der Waals surface area (Å²) in [7, 11) is -0.511. The van der Waals surface area contributed by atoms with E-state index in [0.717, 1.165) is 0 Å². The molecule has 0 aliphatic heterocycles. The highest BCUT2D eigenvalue weighted by atomic mass is 35.6. The summed E-state index contributed by atoms with van der Waals surface area (Å²) in [6.45, 7) is 4.57. The molecule has 20 heavy (non-hydrogen) atoms. The van der Waals surface area contributed by atoms with Crippen molar-refractivity contribution >= 4 is 19.2 Å². The molecule has 0 saturated heterocycles. The number of hydrogen-bond donors (Lipinski definition) is 0. The maximum atomic E-state index is 6.50. The van der Waals surface area contributed by atoms with Gasteiger partial charge in [-0.25, -0.2) is 0 Å². The largest absolute Gasteiger partial charge is 0.169 e. The summed E-state index contributed by atoms with van der Waals surface area (Å²) in [6, 6.07) is 2.69. The standard InChI is InChI=1S/C18H38ClSi/c1-3-5-7-9-11-12-14-16-18-20(19)17-15-13-10-8-6-4-2/h3-18H2,1-2H3. The molecule has 0 amide bonds. The average Bonchev–Trinajstić information content (AvgIpc) is 2.45. The minimum atomic E-state index is -0.511. The van der Waals surface area contributed by atoms with E-state index in [-0.39, 0.29) is 0 Å². The van der Waals surface area contributed by atoms with Crippen molar-refractivity contribution in [1.29, 1.82) is 0 Å². The molecule has 0 rings (SSSR count). The normalized spacial score (nSPS) is 11.4. The van der Waals surface area contributed by atoms with Crippen molar-refractivity contribution in [3.05, 3.63) is 0 Å². The minimum Gasteiger partial charge on any atom is -0.169 e. The van der Waals surface area contributed by atoms with Crippen LogP contribution < -0.4 is 0 Å². The minimum absolute atomic E-state index is 0.511. The zero-order valence-electron chi connectivity index (χ0n) is 14.2. The molecule has 0 bridgehead atoms. The molecule has 2 heteroatoms. The smallest absolute Gasteiger partial charge is 0.165 e. The van der Waals surface area contributed by atoms with Gasteiger partial charge in [0, 0.05) is 0 Å². The Kier molecular flexibility index (Phi) is 18.0. The highest BCUT2D eigenvalue weighted by Gasteiger charge is 2.07. The Morgan fingerprint density at radius 2 is 0.800 bits per heavy atom. The van der Waals surface area contributed by atoms with Crippen LogP contribution in [0.3, 0.4) is 0 Å². The second-order valence-corrected chi connectivity index (χ2v) is 9.90. The van der Waals surface area contributed by atoms with Crippen molar-refractivity contribution in [3.63, 3.8) is 0 Å². The lowest BCUT2D eigenvalue weighted by atomic mass is 10.1. The van der Waals surface area contributed by atoms with Crippen LogP contribution in [0.1, 0.15) is 104 Å². The fourth-order valence-corrected chi connectivity index (χ4v) is 4.99. The Bertz CT molecular complexity index is 173. The van der Waals surface area contributed by atoms with Gasteiger partial charge in [0.25, 0.3) is 0 Å². The van der Waals surface area contributed by atoms with E-state index in [1.165, 1.54) is 102 Å². The monoisotopic (exact) mass is 317 g/mol. The van der Waals surface area contributed by atoms with Crippen molar-refractivity contribution in [3.8, 4) is 0 Å². The Morgan fingerprint density at radius 3 is 1.15 bits per heavy atom. The van der Waals surface area contributed by atoms with Crippen LogP contribution in [0.25, 0.3) is 0 Å². The molecule has 0 heterocycles. The van der Waals surface area contributed by atoms with Gasteiger partial charge in [0.2, 0.25) is 0 Å². The fraction of sp³-hybridized carbons (Fsp3) is 1.00. The van der Waals surface area contributed by atoms with Crippen LogP contribution in [-0.4, -0.2) is 8.11 Å². The van der Waals surface area contributed by atoms with Gasteiger partial charge in [-0.3, -0.25) is 0 Å². The van der Waals surface area contributed by atoms with Crippen LogP contribution >= 0.6 is 11.1 Å². The van der Waals surface area contributed by atoms with E-state index in [4.69, 9.17) is 11.1 Å². The first-order chi connectivity index (χ1) is 9.81. The zero-order valence-corrected chi connectivity index (χ0v) is 15.9. The van der Waals surface area contributed by atoms with Crippen LogP contribution in [0.15, 0.2) is 0 Å². The van der Waals surface area contributed by atoms with E-state index in [1.807, 2.05) is 0 Å². The maximum absolute atomic E-state index is 6.50. The van der Waals surface area contributed by atoms with E-state index in [2.05, 4.69) is 13.8 Å². The first kappa shape index (κ1) is 20.5. The molecule has 0 aromatic heterocycles. The molecule has 0 N–H and O–H groups in total. The van der Waals surface area contributed by atoms with Crippen LogP contribution in [-0.2, 0) is 0 Å². The van der Waals surface area contributed by atoms with Crippen molar-refractivity contribution in [2.24, 2.45) is 0 Å². The topological polar surface area (TPSA) is 0 Å². The predicted molar refractivity (Wildman–Crippen MR) is 97.2 cm³/mol. The summed E-state index contributed by atoms with van der Waals surface area (Å²) in [6.07, 6.45) is 19.8. The quantitative estimate of drug-likeness (QED) is 0.155. The third kappa shape index (κ3) is 16.6. The SMILES string of the molecule is CCCCCCCCCC[Si](Cl)CCCCCCCC. The Labute approximate surface area is 135 Å². The molecular weight excluding hydrogens is 280 g/mol. The van der Waals surface area contributed by atoms with Gasteiger partial charge in [-0.05, 0) is 12.1 Å². The molecule has 0 saturated carbocycles. The van der Waals surface area contributed by atoms with Crippen LogP contribution in [0.4, 0.5) is 0 Å². The lowest BCUT2D eigenvalue weighted by molar-refractivity contribution is 0.584. The van der Waals surface area contributed by atoms with Gasteiger partial charge in [0.05, 0.1) is 0 Å². The average molecular weight is 318 g/mol. The molecule has 0 atom stereocenters. The van der Waals surface area contributed by atoms with Crippen molar-refractivity contribution in [2.75, 3.05) is 0 Å². The summed E-state index contributed by atoms with van der Waals surface area (Å²) in [5, 5.41) is 0. The van der Waals surface area contributed by atoms with E-state index >= 15 is 0 Å². The molecule has 0 spiro atoms. The lowest BCUT2D eigenvalue weighted by Crippen LogP contribution is -2.02. The zero-order chi connectivity index (χ0) is 14.9. The fourth-order valence-electron chi connectivity index (χ4n) is 2.67. The van der Waals surface area contributed by atoms with Gasteiger partial charge in [0.1, 0.15) is 0 Å². The van der Waals surface area contributed by atoms with Crippen LogP contribution in [0.2, 0.25) is 12.1 Å². The number of halogens is 1. The summed E-state index contributed by atoms with van der Waals surface area (Å²) in [4.78, 5) is 0. The van der Waals surface area contributed by atoms with Crippen LogP contribution in [0.5, 0.6) is 0 Å². The maximum Gasteiger partial charge on any atom is 0.165 e. The van der Waals surface area contributed by atoms with Crippen LogP contribution in [0, 0.1) is 0 Å². The highest BCUT2D eigenvalue weighted by molar-refractivity contribution is 7.06. The second kappa shape index (κ2) is 17.6. The molecule has 0 fully saturated rings. The Balaban J connectivity index is 3.10. The van der Waals surface area contributed by atoms with Crippen molar-refractivity contribution in [1.82, 2.24) is 0 Å². The molecule has 0 aromatic carbocycles. The molecule has 0 nitrogen and oxygen atoms in total. The van der Waals surface area contributed by atoms with Gasteiger partial charge < -0.3 is 0 Å².